The molecular weight excluding hydrogens is 192 g/mol. The van der Waals surface area contributed by atoms with Crippen LogP contribution in [0.25, 0.3) is 0 Å². The van der Waals surface area contributed by atoms with E-state index in [1.807, 2.05) is 41.5 Å². The van der Waals surface area contributed by atoms with Crippen LogP contribution in [0.1, 0.15) is 0 Å². The minimum absolute atomic E-state index is 0.452. The molecule has 0 aliphatic rings. The first kappa shape index (κ1) is 9.79. The van der Waals surface area contributed by atoms with Gasteiger partial charge >= 0.3 is 0 Å². The normalized spacial score (nSPS) is 12.6. The summed E-state index contributed by atoms with van der Waals surface area (Å²) >= 11 is 0. The zero-order valence-electron chi connectivity index (χ0n) is 8.32. The molecule has 2 N–H and O–H groups in total. The molecule has 1 unspecified atom stereocenters. The minimum Gasteiger partial charge on any atom is -0.389 e. The molecule has 0 spiro atoms. The summed E-state index contributed by atoms with van der Waals surface area (Å²) in [5, 5.41) is 13.7. The number of aromatic nitrogens is 3. The number of aliphatic hydroxyl groups is 1. The molecule has 0 amide bonds. The second kappa shape index (κ2) is 4.65. The molecule has 2 rings (SSSR count). The van der Waals surface area contributed by atoms with Gasteiger partial charge in [-0.3, -0.25) is 9.36 Å². The molecule has 80 valence electrons. The van der Waals surface area contributed by atoms with E-state index in [9.17, 15) is 5.11 Å². The fourth-order valence-electron chi connectivity index (χ4n) is 1.34. The Bertz CT molecular complexity index is 368. The first-order valence-electron chi connectivity index (χ1n) is 4.87. The molecular formula is C10H14N4O. The van der Waals surface area contributed by atoms with E-state index in [2.05, 4.69) is 10.5 Å². The first-order valence-corrected chi connectivity index (χ1v) is 4.87. The van der Waals surface area contributed by atoms with Gasteiger partial charge < -0.3 is 10.5 Å². The summed E-state index contributed by atoms with van der Waals surface area (Å²) < 4.78 is 3.52. The van der Waals surface area contributed by atoms with Crippen molar-refractivity contribution in [3.05, 3.63) is 43.0 Å². The summed E-state index contributed by atoms with van der Waals surface area (Å²) in [6.45, 7) is 0.996. The second-order valence-electron chi connectivity index (χ2n) is 3.33. The average Bonchev–Trinajstić information content (AvgIpc) is 2.86. The van der Waals surface area contributed by atoms with E-state index < -0.39 is 6.10 Å². The molecule has 0 aliphatic heterocycles. The van der Waals surface area contributed by atoms with Gasteiger partial charge in [-0.1, -0.05) is 0 Å². The van der Waals surface area contributed by atoms with Gasteiger partial charge in [0.2, 0.25) is 0 Å². The molecule has 2 aromatic heterocycles. The number of hydrogen-bond donors (Lipinski definition) is 2. The number of nitrogens with one attached hydrogen (secondary N) is 1. The molecule has 0 bridgehead atoms. The summed E-state index contributed by atoms with van der Waals surface area (Å²) in [6.07, 6.45) is 6.86. The molecule has 0 aliphatic carbocycles. The van der Waals surface area contributed by atoms with Crippen LogP contribution in [0.2, 0.25) is 0 Å². The molecule has 5 heteroatoms. The zero-order chi connectivity index (χ0) is 10.5. The van der Waals surface area contributed by atoms with Gasteiger partial charge in [-0.2, -0.15) is 5.10 Å². The molecule has 0 fully saturated rings. The van der Waals surface area contributed by atoms with E-state index >= 15 is 0 Å². The Hall–Kier alpha value is -1.75. The third-order valence-corrected chi connectivity index (χ3v) is 2.07. The van der Waals surface area contributed by atoms with Gasteiger partial charge in [0.1, 0.15) is 0 Å². The highest BCUT2D eigenvalue weighted by atomic mass is 16.3. The molecule has 0 saturated heterocycles. The molecule has 2 aromatic rings. The summed E-state index contributed by atoms with van der Waals surface area (Å²) in [4.78, 5) is 0. The standard InChI is InChI=1S/C10H14N4O/c15-10(9-14-7-3-4-11-14)8-12-13-5-1-2-6-13/h1-7,10,12,15H,8-9H2. The lowest BCUT2D eigenvalue weighted by molar-refractivity contribution is 0.158. The van der Waals surface area contributed by atoms with E-state index in [0.29, 0.717) is 13.1 Å². The Morgan fingerprint density at radius 2 is 2.00 bits per heavy atom. The predicted octanol–water partition coefficient (Wildman–Crippen LogP) is 0.289. The number of hydrogen-bond acceptors (Lipinski definition) is 3. The molecule has 15 heavy (non-hydrogen) atoms. The van der Waals surface area contributed by atoms with Crippen molar-refractivity contribution >= 4 is 0 Å². The molecule has 0 saturated carbocycles. The summed E-state index contributed by atoms with van der Waals surface area (Å²) in [6, 6.07) is 5.69. The SMILES string of the molecule is OC(CNn1cccc1)Cn1cccn1. The molecule has 0 radical (unpaired) electrons. The largest absolute Gasteiger partial charge is 0.389 e. The third-order valence-electron chi connectivity index (χ3n) is 2.07. The lowest BCUT2D eigenvalue weighted by atomic mass is 10.3. The van der Waals surface area contributed by atoms with E-state index in [1.54, 1.807) is 10.9 Å². The van der Waals surface area contributed by atoms with Gasteiger partial charge in [0.25, 0.3) is 0 Å². The Morgan fingerprint density at radius 1 is 1.20 bits per heavy atom. The fraction of sp³-hybridized carbons (Fsp3) is 0.300. The molecule has 1 atom stereocenters. The minimum atomic E-state index is -0.452. The zero-order valence-corrected chi connectivity index (χ0v) is 8.32. The van der Waals surface area contributed by atoms with Crippen LogP contribution in [0.15, 0.2) is 43.0 Å². The van der Waals surface area contributed by atoms with E-state index in [-0.39, 0.29) is 0 Å². The Labute approximate surface area is 87.9 Å². The van der Waals surface area contributed by atoms with Gasteiger partial charge in [-0.05, 0) is 18.2 Å². The van der Waals surface area contributed by atoms with Crippen LogP contribution >= 0.6 is 0 Å². The van der Waals surface area contributed by atoms with Crippen molar-refractivity contribution in [3.63, 3.8) is 0 Å². The maximum atomic E-state index is 9.68. The van der Waals surface area contributed by atoms with Gasteiger partial charge in [-0.15, -0.1) is 0 Å². The summed E-state index contributed by atoms with van der Waals surface area (Å²) in [7, 11) is 0. The smallest absolute Gasteiger partial charge is 0.0924 e. The molecule has 5 nitrogen and oxygen atoms in total. The van der Waals surface area contributed by atoms with Crippen molar-refractivity contribution in [3.8, 4) is 0 Å². The van der Waals surface area contributed by atoms with Crippen LogP contribution in [-0.2, 0) is 6.54 Å². The van der Waals surface area contributed by atoms with Crippen LogP contribution < -0.4 is 5.43 Å². The van der Waals surface area contributed by atoms with Crippen LogP contribution in [0.3, 0.4) is 0 Å². The second-order valence-corrected chi connectivity index (χ2v) is 3.33. The van der Waals surface area contributed by atoms with Gasteiger partial charge in [0.05, 0.1) is 19.2 Å². The first-order chi connectivity index (χ1) is 7.34. The van der Waals surface area contributed by atoms with Crippen LogP contribution in [0, 0.1) is 0 Å². The van der Waals surface area contributed by atoms with E-state index in [4.69, 9.17) is 0 Å². The van der Waals surface area contributed by atoms with Crippen LogP contribution in [-0.4, -0.2) is 32.2 Å². The van der Waals surface area contributed by atoms with Crippen molar-refractivity contribution in [2.24, 2.45) is 0 Å². The highest BCUT2D eigenvalue weighted by Gasteiger charge is 2.04. The molecule has 2 heterocycles. The van der Waals surface area contributed by atoms with Crippen molar-refractivity contribution < 1.29 is 5.11 Å². The number of aliphatic hydroxyl groups excluding tert-OH is 1. The highest BCUT2D eigenvalue weighted by molar-refractivity contribution is 4.93. The molecule has 0 aromatic carbocycles. The summed E-state index contributed by atoms with van der Waals surface area (Å²) in [5.74, 6) is 0. The Morgan fingerprint density at radius 3 is 2.67 bits per heavy atom. The lowest BCUT2D eigenvalue weighted by Crippen LogP contribution is -2.29. The maximum Gasteiger partial charge on any atom is 0.0924 e. The monoisotopic (exact) mass is 206 g/mol. The lowest BCUT2D eigenvalue weighted by Gasteiger charge is -2.13. The van der Waals surface area contributed by atoms with Crippen molar-refractivity contribution in [2.75, 3.05) is 12.0 Å². The van der Waals surface area contributed by atoms with Crippen LogP contribution in [0.5, 0.6) is 0 Å². The van der Waals surface area contributed by atoms with Crippen molar-refractivity contribution in [2.45, 2.75) is 12.6 Å². The fourth-order valence-corrected chi connectivity index (χ4v) is 1.34. The van der Waals surface area contributed by atoms with Crippen molar-refractivity contribution in [1.29, 1.82) is 0 Å². The topological polar surface area (TPSA) is 55.0 Å². The average molecular weight is 206 g/mol. The van der Waals surface area contributed by atoms with Crippen LogP contribution in [0.4, 0.5) is 0 Å². The van der Waals surface area contributed by atoms with E-state index in [1.165, 1.54) is 0 Å². The summed E-state index contributed by atoms with van der Waals surface area (Å²) in [5.41, 5.74) is 3.06. The van der Waals surface area contributed by atoms with Gasteiger partial charge in [0, 0.05) is 24.8 Å². The Kier molecular flexibility index (Phi) is 3.04. The third kappa shape index (κ3) is 2.85. The van der Waals surface area contributed by atoms with E-state index in [0.717, 1.165) is 0 Å². The highest BCUT2D eigenvalue weighted by Crippen LogP contribution is 1.91. The number of rotatable bonds is 5. The number of nitrogens with zero attached hydrogens (tertiary/aromatic N) is 3. The predicted molar refractivity (Wildman–Crippen MR) is 56.9 cm³/mol. The van der Waals surface area contributed by atoms with Crippen molar-refractivity contribution in [1.82, 2.24) is 14.5 Å². The van der Waals surface area contributed by atoms with Gasteiger partial charge in [0.15, 0.2) is 0 Å². The Balaban J connectivity index is 1.76. The quantitative estimate of drug-likeness (QED) is 0.739. The maximum absolute atomic E-state index is 9.68. The van der Waals surface area contributed by atoms with Gasteiger partial charge in [-0.25, -0.2) is 0 Å².